The molecule has 3 aromatic rings. The van der Waals surface area contributed by atoms with Crippen LogP contribution in [0.15, 0.2) is 78.9 Å². The Bertz CT molecular complexity index is 1650. The van der Waals surface area contributed by atoms with Crippen LogP contribution in [0.3, 0.4) is 0 Å². The van der Waals surface area contributed by atoms with Gasteiger partial charge in [-0.1, -0.05) is 107 Å². The summed E-state index contributed by atoms with van der Waals surface area (Å²) < 4.78 is 27.4. The number of hydrogen-bond acceptors (Lipinski definition) is 6. The molecular weight excluding hydrogens is 664 g/mol. The van der Waals surface area contributed by atoms with Crippen LogP contribution in [0.2, 0.25) is 5.02 Å². The van der Waals surface area contributed by atoms with Crippen LogP contribution < -0.4 is 20.3 Å². The first-order valence-corrected chi connectivity index (χ1v) is 18.5. The summed E-state index contributed by atoms with van der Waals surface area (Å²) in [5.74, 6) is -2.24. The number of carbonyl (C=O) groups is 3. The lowest BCUT2D eigenvalue weighted by molar-refractivity contribution is -0.132. The van der Waals surface area contributed by atoms with Gasteiger partial charge >= 0.3 is 0 Å². The van der Waals surface area contributed by atoms with E-state index >= 15 is 0 Å². The Labute approximate surface area is 295 Å². The standard InChI is InChI=1S/C37H49ClN4O6S/c1-24(2)17-32(33(43)18-26(5)35(44)41-34(25(3)4)37(46)39-22-27-13-9-7-10-14-27)40-36(45)29-19-30(38)21-31(20-29)42(6)49(47,48)23-28-15-11-8-12-16-28/h7-16,19-21,24-26,32-34,43H,17-18,22-23H2,1-6H3,(H,39,46)(H,40,45)(H,41,44)/t26?,32?,33?,34-/m0/s1. The van der Waals surface area contributed by atoms with Crippen LogP contribution in [-0.4, -0.2) is 56.5 Å². The zero-order chi connectivity index (χ0) is 36.3. The third-order valence-electron chi connectivity index (χ3n) is 8.22. The van der Waals surface area contributed by atoms with Crippen molar-refractivity contribution >= 4 is 45.0 Å². The van der Waals surface area contributed by atoms with Crippen LogP contribution in [0.25, 0.3) is 0 Å². The highest BCUT2D eigenvalue weighted by Gasteiger charge is 2.30. The Hall–Kier alpha value is -3.93. The maximum Gasteiger partial charge on any atom is 0.251 e. The molecule has 0 saturated heterocycles. The molecule has 4 N–H and O–H groups in total. The van der Waals surface area contributed by atoms with Crippen LogP contribution in [-0.2, 0) is 31.9 Å². The molecule has 0 aromatic heterocycles. The number of benzene rings is 3. The van der Waals surface area contributed by atoms with E-state index in [2.05, 4.69) is 16.0 Å². The molecule has 3 aromatic carbocycles. The quantitative estimate of drug-likeness (QED) is 0.150. The van der Waals surface area contributed by atoms with Crippen molar-refractivity contribution in [2.24, 2.45) is 17.8 Å². The molecule has 0 radical (unpaired) electrons. The van der Waals surface area contributed by atoms with Gasteiger partial charge in [-0.05, 0) is 54.0 Å². The van der Waals surface area contributed by atoms with Crippen molar-refractivity contribution in [1.82, 2.24) is 16.0 Å². The van der Waals surface area contributed by atoms with Gasteiger partial charge in [0.25, 0.3) is 5.91 Å². The van der Waals surface area contributed by atoms with Crippen molar-refractivity contribution in [3.8, 4) is 0 Å². The van der Waals surface area contributed by atoms with Crippen LogP contribution in [0.5, 0.6) is 0 Å². The minimum Gasteiger partial charge on any atom is -0.391 e. The molecule has 266 valence electrons. The second-order valence-electron chi connectivity index (χ2n) is 13.3. The Balaban J connectivity index is 1.68. The van der Waals surface area contributed by atoms with Gasteiger partial charge in [0.1, 0.15) is 6.04 Å². The van der Waals surface area contributed by atoms with Crippen molar-refractivity contribution < 1.29 is 27.9 Å². The number of nitrogens with one attached hydrogen (secondary N) is 3. The highest BCUT2D eigenvalue weighted by molar-refractivity contribution is 7.92. The van der Waals surface area contributed by atoms with E-state index in [4.69, 9.17) is 11.6 Å². The smallest absolute Gasteiger partial charge is 0.251 e. The van der Waals surface area contributed by atoms with Crippen LogP contribution >= 0.6 is 11.6 Å². The number of amides is 3. The predicted octanol–water partition coefficient (Wildman–Crippen LogP) is 5.30. The molecular formula is C37H49ClN4O6S. The van der Waals surface area contributed by atoms with Gasteiger partial charge in [0.15, 0.2) is 0 Å². The summed E-state index contributed by atoms with van der Waals surface area (Å²) in [6, 6.07) is 21.1. The maximum absolute atomic E-state index is 13.5. The van der Waals surface area contributed by atoms with Gasteiger partial charge in [0, 0.05) is 30.1 Å². The molecule has 0 fully saturated rings. The second-order valence-corrected chi connectivity index (χ2v) is 15.7. The van der Waals surface area contributed by atoms with Crippen molar-refractivity contribution in [1.29, 1.82) is 0 Å². The summed E-state index contributed by atoms with van der Waals surface area (Å²) in [7, 11) is -2.39. The van der Waals surface area contributed by atoms with Gasteiger partial charge in [0.2, 0.25) is 21.8 Å². The first-order valence-electron chi connectivity index (χ1n) is 16.5. The molecule has 4 atom stereocenters. The monoisotopic (exact) mass is 712 g/mol. The highest BCUT2D eigenvalue weighted by Crippen LogP contribution is 2.26. The Morgan fingerprint density at radius 2 is 1.41 bits per heavy atom. The van der Waals surface area contributed by atoms with Gasteiger partial charge in [-0.3, -0.25) is 18.7 Å². The van der Waals surface area contributed by atoms with Gasteiger partial charge < -0.3 is 21.1 Å². The van der Waals surface area contributed by atoms with Crippen molar-refractivity contribution in [3.05, 3.63) is 101 Å². The topological polar surface area (TPSA) is 145 Å². The second kappa shape index (κ2) is 18.2. The van der Waals surface area contributed by atoms with Crippen LogP contribution in [0, 0.1) is 17.8 Å². The molecule has 3 rings (SSSR count). The number of carbonyl (C=O) groups excluding carboxylic acids is 3. The van der Waals surface area contributed by atoms with Crippen molar-refractivity contribution in [3.63, 3.8) is 0 Å². The van der Waals surface area contributed by atoms with E-state index in [1.54, 1.807) is 37.3 Å². The third kappa shape index (κ3) is 12.2. The first kappa shape index (κ1) is 39.5. The fourth-order valence-corrected chi connectivity index (χ4v) is 6.82. The Kier molecular flexibility index (Phi) is 14.7. The summed E-state index contributed by atoms with van der Waals surface area (Å²) in [4.78, 5) is 39.7. The largest absolute Gasteiger partial charge is 0.391 e. The molecule has 49 heavy (non-hydrogen) atoms. The third-order valence-corrected chi connectivity index (χ3v) is 10.2. The summed E-state index contributed by atoms with van der Waals surface area (Å²) >= 11 is 6.35. The molecule has 3 amide bonds. The molecule has 0 aliphatic heterocycles. The van der Waals surface area contributed by atoms with Crippen molar-refractivity contribution in [2.45, 2.75) is 77.9 Å². The summed E-state index contributed by atoms with van der Waals surface area (Å²) in [6.07, 6.45) is -0.651. The number of sulfonamides is 1. The SMILES string of the molecule is CC(C)CC(NC(=O)c1cc(Cl)cc(N(C)S(=O)(=O)Cc2ccccc2)c1)C(O)CC(C)C(=O)N[C@H](C(=O)NCc1ccccc1)C(C)C. The Morgan fingerprint density at radius 3 is 1.98 bits per heavy atom. The lowest BCUT2D eigenvalue weighted by atomic mass is 9.91. The van der Waals surface area contributed by atoms with Gasteiger partial charge in [-0.25, -0.2) is 8.42 Å². The molecule has 12 heteroatoms. The Morgan fingerprint density at radius 1 is 0.816 bits per heavy atom. The number of aliphatic hydroxyl groups excluding tert-OH is 1. The molecule has 0 heterocycles. The summed E-state index contributed by atoms with van der Waals surface area (Å²) in [5.41, 5.74) is 1.90. The number of hydrogen-bond donors (Lipinski definition) is 4. The molecule has 0 spiro atoms. The normalized spacial score (nSPS) is 14.1. The highest BCUT2D eigenvalue weighted by atomic mass is 35.5. The van der Waals surface area contributed by atoms with E-state index in [9.17, 15) is 27.9 Å². The van der Waals surface area contributed by atoms with E-state index in [0.717, 1.165) is 9.87 Å². The van der Waals surface area contributed by atoms with Crippen molar-refractivity contribution in [2.75, 3.05) is 11.4 Å². The fraction of sp³-hybridized carbons (Fsp3) is 0.432. The number of aliphatic hydroxyl groups is 1. The molecule has 10 nitrogen and oxygen atoms in total. The van der Waals surface area contributed by atoms with E-state index in [1.165, 1.54) is 25.2 Å². The molecule has 0 saturated carbocycles. The fourth-order valence-electron chi connectivity index (χ4n) is 5.36. The van der Waals surface area contributed by atoms with E-state index in [-0.39, 0.29) is 52.1 Å². The van der Waals surface area contributed by atoms with Gasteiger partial charge in [-0.15, -0.1) is 0 Å². The zero-order valence-electron chi connectivity index (χ0n) is 29.0. The predicted molar refractivity (Wildman–Crippen MR) is 194 cm³/mol. The first-order chi connectivity index (χ1) is 23.1. The van der Waals surface area contributed by atoms with E-state index < -0.39 is 40.0 Å². The average molecular weight is 713 g/mol. The zero-order valence-corrected chi connectivity index (χ0v) is 30.6. The lowest BCUT2D eigenvalue weighted by Crippen LogP contribution is -2.51. The summed E-state index contributed by atoms with van der Waals surface area (Å²) in [5, 5.41) is 20.1. The average Bonchev–Trinajstić information content (AvgIpc) is 3.05. The minimum atomic E-state index is -3.80. The molecule has 0 aliphatic rings. The lowest BCUT2D eigenvalue weighted by Gasteiger charge is -2.29. The summed E-state index contributed by atoms with van der Waals surface area (Å²) in [6.45, 7) is 9.59. The van der Waals surface area contributed by atoms with E-state index in [1.807, 2.05) is 58.0 Å². The minimum absolute atomic E-state index is 0.0290. The molecule has 3 unspecified atom stereocenters. The van der Waals surface area contributed by atoms with E-state index in [0.29, 0.717) is 18.5 Å². The van der Waals surface area contributed by atoms with Gasteiger partial charge in [-0.2, -0.15) is 0 Å². The van der Waals surface area contributed by atoms with Crippen LogP contribution in [0.4, 0.5) is 5.69 Å². The molecule has 0 aliphatic carbocycles. The maximum atomic E-state index is 13.5. The van der Waals surface area contributed by atoms with Crippen LogP contribution in [0.1, 0.15) is 68.9 Å². The number of rotatable bonds is 17. The van der Waals surface area contributed by atoms with Gasteiger partial charge in [0.05, 0.1) is 23.6 Å². The number of anilines is 1. The number of nitrogens with zero attached hydrogens (tertiary/aromatic N) is 1. The number of halogens is 1. The molecule has 0 bridgehead atoms.